The van der Waals surface area contributed by atoms with Crippen LogP contribution in [0.5, 0.6) is 0 Å². The third-order valence-electron chi connectivity index (χ3n) is 2.40. The van der Waals surface area contributed by atoms with E-state index in [-0.39, 0.29) is 17.9 Å². The molecule has 0 fully saturated rings. The van der Waals surface area contributed by atoms with Gasteiger partial charge in [0.2, 0.25) is 0 Å². The molecule has 0 bridgehead atoms. The molecule has 18 heavy (non-hydrogen) atoms. The smallest absolute Gasteiger partial charge is 0.405 e. The molecule has 0 aliphatic rings. The number of aromatic nitrogens is 1. The molecule has 0 radical (unpaired) electrons. The lowest BCUT2D eigenvalue weighted by Crippen LogP contribution is -2.35. The fourth-order valence-electron chi connectivity index (χ4n) is 1.60. The van der Waals surface area contributed by atoms with Crippen LogP contribution in [-0.4, -0.2) is 35.3 Å². The molecule has 1 heterocycles. The molecule has 4 nitrogen and oxygen atoms in total. The number of anilines is 1. The number of carboxylic acids is 1. The summed E-state index contributed by atoms with van der Waals surface area (Å²) in [4.78, 5) is 15.7. The van der Waals surface area contributed by atoms with E-state index in [1.165, 1.54) is 26.1 Å². The van der Waals surface area contributed by atoms with Crippen LogP contribution in [0, 0.1) is 6.92 Å². The van der Waals surface area contributed by atoms with Crippen LogP contribution in [0.4, 0.5) is 19.0 Å². The van der Waals surface area contributed by atoms with E-state index in [2.05, 4.69) is 4.98 Å². The van der Waals surface area contributed by atoms with Crippen LogP contribution in [0.25, 0.3) is 0 Å². The molecular weight excluding hydrogens is 249 g/mol. The molecular formula is C11H13F3N2O2. The standard InChI is InChI=1S/C11H13F3N2O2/c1-3-16(6-11(12,13)14)9-8(10(17)18)7(2)4-5-15-9/h4-5H,3,6H2,1-2H3,(H,17,18). The lowest BCUT2D eigenvalue weighted by Gasteiger charge is -2.25. The van der Waals surface area contributed by atoms with Crippen molar-refractivity contribution in [3.05, 3.63) is 23.4 Å². The summed E-state index contributed by atoms with van der Waals surface area (Å²) < 4.78 is 37.2. The van der Waals surface area contributed by atoms with Gasteiger partial charge in [-0.2, -0.15) is 13.2 Å². The summed E-state index contributed by atoms with van der Waals surface area (Å²) in [6.07, 6.45) is -3.10. The SMILES string of the molecule is CCN(CC(F)(F)F)c1nccc(C)c1C(=O)O. The number of carboxylic acid groups (broad SMARTS) is 1. The molecule has 0 saturated heterocycles. The molecule has 7 heteroatoms. The topological polar surface area (TPSA) is 53.4 Å². The first-order valence-electron chi connectivity index (χ1n) is 5.27. The van der Waals surface area contributed by atoms with E-state index in [4.69, 9.17) is 5.11 Å². The Balaban J connectivity index is 3.21. The number of rotatable bonds is 4. The van der Waals surface area contributed by atoms with Gasteiger partial charge < -0.3 is 10.0 Å². The van der Waals surface area contributed by atoms with Crippen molar-refractivity contribution < 1.29 is 23.1 Å². The first-order valence-corrected chi connectivity index (χ1v) is 5.27. The fraction of sp³-hybridized carbons (Fsp3) is 0.455. The first kappa shape index (κ1) is 14.3. The highest BCUT2D eigenvalue weighted by Crippen LogP contribution is 2.25. The molecule has 0 saturated carbocycles. The predicted molar refractivity (Wildman–Crippen MR) is 59.9 cm³/mol. The molecule has 1 aromatic rings. The second-order valence-electron chi connectivity index (χ2n) is 3.76. The van der Waals surface area contributed by atoms with Gasteiger partial charge in [0.05, 0.1) is 0 Å². The zero-order valence-corrected chi connectivity index (χ0v) is 9.95. The number of hydrogen-bond acceptors (Lipinski definition) is 3. The van der Waals surface area contributed by atoms with Crippen LogP contribution < -0.4 is 4.90 Å². The second-order valence-corrected chi connectivity index (χ2v) is 3.76. The molecule has 1 rings (SSSR count). The van der Waals surface area contributed by atoms with Crippen molar-refractivity contribution in [2.75, 3.05) is 18.0 Å². The van der Waals surface area contributed by atoms with Crippen molar-refractivity contribution in [1.82, 2.24) is 4.98 Å². The largest absolute Gasteiger partial charge is 0.478 e. The number of carbonyl (C=O) groups is 1. The maximum Gasteiger partial charge on any atom is 0.405 e. The van der Waals surface area contributed by atoms with Crippen molar-refractivity contribution in [2.24, 2.45) is 0 Å². The van der Waals surface area contributed by atoms with Gasteiger partial charge >= 0.3 is 12.1 Å². The van der Waals surface area contributed by atoms with Gasteiger partial charge in [-0.1, -0.05) is 0 Å². The Kier molecular flexibility index (Phi) is 4.15. The van der Waals surface area contributed by atoms with Crippen molar-refractivity contribution in [1.29, 1.82) is 0 Å². The lowest BCUT2D eigenvalue weighted by molar-refractivity contribution is -0.119. The predicted octanol–water partition coefficient (Wildman–Crippen LogP) is 2.48. The zero-order valence-electron chi connectivity index (χ0n) is 9.95. The quantitative estimate of drug-likeness (QED) is 0.905. The Morgan fingerprint density at radius 3 is 2.56 bits per heavy atom. The lowest BCUT2D eigenvalue weighted by atomic mass is 10.1. The van der Waals surface area contributed by atoms with Gasteiger partial charge in [-0.15, -0.1) is 0 Å². The highest BCUT2D eigenvalue weighted by Gasteiger charge is 2.32. The summed E-state index contributed by atoms with van der Waals surface area (Å²) in [5, 5.41) is 9.04. The molecule has 0 atom stereocenters. The molecule has 0 aliphatic carbocycles. The van der Waals surface area contributed by atoms with E-state index >= 15 is 0 Å². The van der Waals surface area contributed by atoms with E-state index in [1.807, 2.05) is 0 Å². The summed E-state index contributed by atoms with van der Waals surface area (Å²) in [6.45, 7) is 1.84. The van der Waals surface area contributed by atoms with Crippen molar-refractivity contribution >= 4 is 11.8 Å². The van der Waals surface area contributed by atoms with E-state index in [0.29, 0.717) is 5.56 Å². The minimum Gasteiger partial charge on any atom is -0.478 e. The Labute approximate surface area is 102 Å². The van der Waals surface area contributed by atoms with Gasteiger partial charge in [0.15, 0.2) is 0 Å². The monoisotopic (exact) mass is 262 g/mol. The second kappa shape index (κ2) is 5.24. The molecule has 0 amide bonds. The van der Waals surface area contributed by atoms with E-state index in [0.717, 1.165) is 4.90 Å². The van der Waals surface area contributed by atoms with Crippen LogP contribution in [-0.2, 0) is 0 Å². The minimum atomic E-state index is -4.41. The highest BCUT2D eigenvalue weighted by atomic mass is 19.4. The van der Waals surface area contributed by atoms with Crippen molar-refractivity contribution in [3.63, 3.8) is 0 Å². The fourth-order valence-corrected chi connectivity index (χ4v) is 1.60. The average Bonchev–Trinajstić information content (AvgIpc) is 2.23. The van der Waals surface area contributed by atoms with E-state index in [1.54, 1.807) is 0 Å². The summed E-state index contributed by atoms with van der Waals surface area (Å²) in [5.74, 6) is -1.43. The number of halogens is 3. The van der Waals surface area contributed by atoms with Crippen LogP contribution >= 0.6 is 0 Å². The Morgan fingerprint density at radius 1 is 1.50 bits per heavy atom. The molecule has 0 spiro atoms. The summed E-state index contributed by atoms with van der Waals surface area (Å²) >= 11 is 0. The molecule has 1 N–H and O–H groups in total. The molecule has 100 valence electrons. The zero-order chi connectivity index (χ0) is 13.9. The minimum absolute atomic E-state index is 0.0241. The molecule has 0 aliphatic heterocycles. The molecule has 0 aromatic carbocycles. The van der Waals surface area contributed by atoms with E-state index < -0.39 is 18.7 Å². The first-order chi connectivity index (χ1) is 8.26. The third-order valence-corrected chi connectivity index (χ3v) is 2.40. The Hall–Kier alpha value is -1.79. The van der Waals surface area contributed by atoms with Crippen LogP contribution in [0.1, 0.15) is 22.8 Å². The number of alkyl halides is 3. The average molecular weight is 262 g/mol. The number of nitrogens with zero attached hydrogens (tertiary/aromatic N) is 2. The van der Waals surface area contributed by atoms with Crippen LogP contribution in [0.2, 0.25) is 0 Å². The van der Waals surface area contributed by atoms with Gasteiger partial charge in [-0.05, 0) is 25.5 Å². The summed E-state index contributed by atoms with van der Waals surface area (Å²) in [6, 6.07) is 1.45. The number of pyridine rings is 1. The summed E-state index contributed by atoms with van der Waals surface area (Å²) in [5.41, 5.74) is 0.191. The van der Waals surface area contributed by atoms with Crippen LogP contribution in [0.15, 0.2) is 12.3 Å². The maximum absolute atomic E-state index is 12.4. The van der Waals surface area contributed by atoms with Gasteiger partial charge in [0.25, 0.3) is 0 Å². The summed E-state index contributed by atoms with van der Waals surface area (Å²) in [7, 11) is 0. The van der Waals surface area contributed by atoms with Gasteiger partial charge in [0, 0.05) is 12.7 Å². The maximum atomic E-state index is 12.4. The molecule has 0 unspecified atom stereocenters. The number of hydrogen-bond donors (Lipinski definition) is 1. The number of aromatic carboxylic acids is 1. The van der Waals surface area contributed by atoms with Crippen LogP contribution in [0.3, 0.4) is 0 Å². The van der Waals surface area contributed by atoms with Crippen molar-refractivity contribution in [2.45, 2.75) is 20.0 Å². The number of aryl methyl sites for hydroxylation is 1. The Bertz CT molecular complexity index is 446. The Morgan fingerprint density at radius 2 is 2.11 bits per heavy atom. The van der Waals surface area contributed by atoms with Gasteiger partial charge in [-0.25, -0.2) is 9.78 Å². The van der Waals surface area contributed by atoms with Gasteiger partial charge in [0.1, 0.15) is 17.9 Å². The van der Waals surface area contributed by atoms with Crippen molar-refractivity contribution in [3.8, 4) is 0 Å². The van der Waals surface area contributed by atoms with E-state index in [9.17, 15) is 18.0 Å². The molecule has 1 aromatic heterocycles. The highest BCUT2D eigenvalue weighted by molar-refractivity contribution is 5.94. The van der Waals surface area contributed by atoms with Gasteiger partial charge in [-0.3, -0.25) is 0 Å². The normalized spacial score (nSPS) is 11.4. The third kappa shape index (κ3) is 3.35.